The lowest BCUT2D eigenvalue weighted by molar-refractivity contribution is -0.138. The summed E-state index contributed by atoms with van der Waals surface area (Å²) in [6, 6.07) is 1.14. The molecule has 4 nitrogen and oxygen atoms in total. The average molecular weight is 223 g/mol. The van der Waals surface area contributed by atoms with Crippen molar-refractivity contribution in [3.63, 3.8) is 0 Å². The second kappa shape index (κ2) is 3.95. The molecule has 0 saturated heterocycles. The van der Waals surface area contributed by atoms with Crippen molar-refractivity contribution in [3.05, 3.63) is 23.3 Å². The van der Waals surface area contributed by atoms with Crippen LogP contribution in [-0.2, 0) is 12.7 Å². The molecular formula is C8H8F3NO3. The lowest BCUT2D eigenvalue weighted by Gasteiger charge is -2.13. The first-order valence-electron chi connectivity index (χ1n) is 3.85. The van der Waals surface area contributed by atoms with Gasteiger partial charge in [-0.2, -0.15) is 13.2 Å². The van der Waals surface area contributed by atoms with E-state index in [2.05, 4.69) is 0 Å². The lowest BCUT2D eigenvalue weighted by Crippen LogP contribution is -2.14. The number of hydroxylamine groups is 1. The molecule has 15 heavy (non-hydrogen) atoms. The van der Waals surface area contributed by atoms with Crippen LogP contribution in [0.1, 0.15) is 11.1 Å². The van der Waals surface area contributed by atoms with Crippen molar-refractivity contribution in [2.45, 2.75) is 12.7 Å². The van der Waals surface area contributed by atoms with E-state index in [0.29, 0.717) is 6.07 Å². The number of phenolic OH excluding ortho intramolecular Hbond substituents is 2. The number of halogens is 3. The maximum atomic E-state index is 12.4. The van der Waals surface area contributed by atoms with Gasteiger partial charge in [0.2, 0.25) is 0 Å². The van der Waals surface area contributed by atoms with Crippen LogP contribution in [0.25, 0.3) is 0 Å². The van der Waals surface area contributed by atoms with Gasteiger partial charge in [-0.05, 0) is 17.7 Å². The van der Waals surface area contributed by atoms with Crippen LogP contribution in [0.4, 0.5) is 13.2 Å². The zero-order valence-electron chi connectivity index (χ0n) is 7.34. The van der Waals surface area contributed by atoms with Crippen LogP contribution in [0.5, 0.6) is 11.5 Å². The Bertz CT molecular complexity index is 365. The van der Waals surface area contributed by atoms with Gasteiger partial charge in [0.1, 0.15) is 0 Å². The summed E-state index contributed by atoms with van der Waals surface area (Å²) in [4.78, 5) is 0. The first-order chi connectivity index (χ1) is 6.86. The number of alkyl halides is 3. The van der Waals surface area contributed by atoms with E-state index in [-0.39, 0.29) is 5.56 Å². The topological polar surface area (TPSA) is 72.7 Å². The summed E-state index contributed by atoms with van der Waals surface area (Å²) in [7, 11) is 0. The van der Waals surface area contributed by atoms with E-state index in [4.69, 9.17) is 15.4 Å². The van der Waals surface area contributed by atoms with Crippen molar-refractivity contribution in [2.24, 2.45) is 0 Å². The van der Waals surface area contributed by atoms with E-state index < -0.39 is 29.8 Å². The minimum atomic E-state index is -4.66. The molecule has 0 amide bonds. The van der Waals surface area contributed by atoms with Crippen LogP contribution in [0.2, 0.25) is 0 Å². The molecule has 0 atom stereocenters. The third-order valence-corrected chi connectivity index (χ3v) is 1.78. The van der Waals surface area contributed by atoms with Crippen LogP contribution in [0.3, 0.4) is 0 Å². The Balaban J connectivity index is 3.28. The minimum absolute atomic E-state index is 0.361. The predicted octanol–water partition coefficient (Wildman–Crippen LogP) is 1.60. The number of aromatic hydroxyl groups is 2. The maximum absolute atomic E-state index is 12.4. The van der Waals surface area contributed by atoms with Gasteiger partial charge >= 0.3 is 6.18 Å². The molecule has 84 valence electrons. The zero-order chi connectivity index (χ0) is 11.6. The number of benzene rings is 1. The quantitative estimate of drug-likeness (QED) is 0.454. The zero-order valence-corrected chi connectivity index (χ0v) is 7.34. The summed E-state index contributed by atoms with van der Waals surface area (Å²) in [6.45, 7) is -0.483. The van der Waals surface area contributed by atoms with Gasteiger partial charge in [0.15, 0.2) is 11.5 Å². The number of phenols is 2. The molecule has 1 rings (SSSR count). The summed E-state index contributed by atoms with van der Waals surface area (Å²) < 4.78 is 37.1. The molecular weight excluding hydrogens is 215 g/mol. The van der Waals surface area contributed by atoms with E-state index in [1.807, 2.05) is 0 Å². The Hall–Kier alpha value is -1.47. The highest BCUT2D eigenvalue weighted by Crippen LogP contribution is 2.37. The molecule has 0 radical (unpaired) electrons. The number of hydrogen-bond acceptors (Lipinski definition) is 4. The van der Waals surface area contributed by atoms with Crippen molar-refractivity contribution >= 4 is 0 Å². The van der Waals surface area contributed by atoms with Crippen LogP contribution in [0, 0.1) is 0 Å². The second-order valence-corrected chi connectivity index (χ2v) is 2.83. The highest BCUT2D eigenvalue weighted by Gasteiger charge is 2.34. The first kappa shape index (κ1) is 11.6. The van der Waals surface area contributed by atoms with Gasteiger partial charge in [-0.25, -0.2) is 5.48 Å². The van der Waals surface area contributed by atoms with Crippen molar-refractivity contribution < 1.29 is 28.6 Å². The third-order valence-electron chi connectivity index (χ3n) is 1.78. The number of hydrogen-bond donors (Lipinski definition) is 4. The molecule has 0 aromatic heterocycles. The molecule has 0 fully saturated rings. The Kier molecular flexibility index (Phi) is 3.06. The van der Waals surface area contributed by atoms with Gasteiger partial charge in [-0.1, -0.05) is 0 Å². The normalized spacial score (nSPS) is 11.7. The van der Waals surface area contributed by atoms with E-state index >= 15 is 0 Å². The monoisotopic (exact) mass is 223 g/mol. The molecule has 0 aliphatic heterocycles. The van der Waals surface area contributed by atoms with Crippen molar-refractivity contribution in [3.8, 4) is 11.5 Å². The Morgan fingerprint density at radius 3 is 2.13 bits per heavy atom. The SMILES string of the molecule is ONCc1cc(O)c(O)cc1C(F)(F)F. The molecule has 0 spiro atoms. The fourth-order valence-electron chi connectivity index (χ4n) is 1.12. The molecule has 1 aromatic carbocycles. The highest BCUT2D eigenvalue weighted by atomic mass is 19.4. The van der Waals surface area contributed by atoms with Crippen LogP contribution in [-0.4, -0.2) is 15.4 Å². The molecule has 7 heteroatoms. The van der Waals surface area contributed by atoms with Gasteiger partial charge in [0.05, 0.1) is 5.56 Å². The van der Waals surface area contributed by atoms with Crippen molar-refractivity contribution in [2.75, 3.05) is 0 Å². The van der Waals surface area contributed by atoms with Crippen LogP contribution in [0.15, 0.2) is 12.1 Å². The standard InChI is InChI=1S/C8H8F3NO3/c9-8(10,11)5-2-7(14)6(13)1-4(5)3-12-15/h1-2,12-15H,3H2. The average Bonchev–Trinajstić information content (AvgIpc) is 2.09. The third kappa shape index (κ3) is 2.51. The second-order valence-electron chi connectivity index (χ2n) is 2.83. The van der Waals surface area contributed by atoms with Gasteiger partial charge in [-0.15, -0.1) is 0 Å². The minimum Gasteiger partial charge on any atom is -0.504 e. The van der Waals surface area contributed by atoms with E-state index in [1.165, 1.54) is 0 Å². The van der Waals surface area contributed by atoms with Crippen LogP contribution < -0.4 is 5.48 Å². The molecule has 0 heterocycles. The summed E-state index contributed by atoms with van der Waals surface area (Å²) in [6.07, 6.45) is -4.66. The fraction of sp³-hybridized carbons (Fsp3) is 0.250. The van der Waals surface area contributed by atoms with E-state index in [0.717, 1.165) is 6.07 Å². The van der Waals surface area contributed by atoms with Crippen LogP contribution >= 0.6 is 0 Å². The van der Waals surface area contributed by atoms with Gasteiger partial charge in [0, 0.05) is 6.54 Å². The summed E-state index contributed by atoms with van der Waals surface area (Å²) in [5.41, 5.74) is 0.0779. The molecule has 0 aliphatic rings. The summed E-state index contributed by atoms with van der Waals surface area (Å²) in [5, 5.41) is 26.2. The smallest absolute Gasteiger partial charge is 0.416 e. The molecule has 0 bridgehead atoms. The fourth-order valence-corrected chi connectivity index (χ4v) is 1.12. The number of rotatable bonds is 2. The van der Waals surface area contributed by atoms with Gasteiger partial charge in [-0.3, -0.25) is 0 Å². The largest absolute Gasteiger partial charge is 0.504 e. The molecule has 0 aliphatic carbocycles. The Labute approximate surface area is 82.5 Å². The van der Waals surface area contributed by atoms with Crippen molar-refractivity contribution in [1.82, 2.24) is 5.48 Å². The van der Waals surface area contributed by atoms with Gasteiger partial charge < -0.3 is 15.4 Å². The first-order valence-corrected chi connectivity index (χ1v) is 3.85. The lowest BCUT2D eigenvalue weighted by atomic mass is 10.1. The van der Waals surface area contributed by atoms with E-state index in [1.54, 1.807) is 5.48 Å². The predicted molar refractivity (Wildman–Crippen MR) is 43.4 cm³/mol. The molecule has 4 N–H and O–H groups in total. The summed E-state index contributed by atoms with van der Waals surface area (Å²) in [5.74, 6) is -1.53. The van der Waals surface area contributed by atoms with Gasteiger partial charge in [0.25, 0.3) is 0 Å². The Morgan fingerprint density at radius 2 is 1.67 bits per heavy atom. The molecule has 0 unspecified atom stereocenters. The highest BCUT2D eigenvalue weighted by molar-refractivity contribution is 5.46. The molecule has 1 aromatic rings. The maximum Gasteiger partial charge on any atom is 0.416 e. The van der Waals surface area contributed by atoms with Crippen molar-refractivity contribution in [1.29, 1.82) is 0 Å². The number of nitrogens with one attached hydrogen (secondary N) is 1. The summed E-state index contributed by atoms with van der Waals surface area (Å²) >= 11 is 0. The Morgan fingerprint density at radius 1 is 1.13 bits per heavy atom. The molecule has 0 saturated carbocycles. The van der Waals surface area contributed by atoms with E-state index in [9.17, 15) is 13.2 Å².